The number of allylic oxidation sites excluding steroid dienone is 10. The number of carbonyl (C=O) groups excluding carboxylic acids is 3. The molecule has 6 heteroatoms. The summed E-state index contributed by atoms with van der Waals surface area (Å²) in [7, 11) is 0. The lowest BCUT2D eigenvalue weighted by Crippen LogP contribution is -2.30. The summed E-state index contributed by atoms with van der Waals surface area (Å²) in [6.45, 7) is 6.50. The Morgan fingerprint density at radius 1 is 0.333 bits per heavy atom. The Kier molecular flexibility index (Phi) is 49.4. The quantitative estimate of drug-likeness (QED) is 0.0262. The van der Waals surface area contributed by atoms with Crippen LogP contribution < -0.4 is 0 Å². The van der Waals surface area contributed by atoms with Gasteiger partial charge in [0.2, 0.25) is 0 Å². The van der Waals surface area contributed by atoms with Crippen LogP contribution in [0.15, 0.2) is 60.8 Å². The molecule has 0 N–H and O–H groups in total. The summed E-state index contributed by atoms with van der Waals surface area (Å²) in [6.07, 6.45) is 63.4. The minimum Gasteiger partial charge on any atom is -0.462 e. The molecule has 0 aliphatic carbocycles. The highest BCUT2D eigenvalue weighted by atomic mass is 16.6. The molecule has 0 saturated heterocycles. The van der Waals surface area contributed by atoms with Crippen LogP contribution in [-0.4, -0.2) is 37.2 Å². The fourth-order valence-corrected chi connectivity index (χ4v) is 7.49. The smallest absolute Gasteiger partial charge is 0.306 e. The topological polar surface area (TPSA) is 78.9 Å². The van der Waals surface area contributed by atoms with Crippen molar-refractivity contribution in [2.75, 3.05) is 13.2 Å². The number of hydrogen-bond acceptors (Lipinski definition) is 6. The van der Waals surface area contributed by atoms with E-state index in [1.54, 1.807) is 0 Å². The van der Waals surface area contributed by atoms with E-state index in [4.69, 9.17) is 14.2 Å². The Bertz CT molecular complexity index is 1150. The molecule has 0 aromatic heterocycles. The van der Waals surface area contributed by atoms with Crippen molar-refractivity contribution in [1.29, 1.82) is 0 Å². The van der Waals surface area contributed by atoms with E-state index in [1.165, 1.54) is 128 Å². The van der Waals surface area contributed by atoms with E-state index in [0.717, 1.165) is 96.3 Å². The third-order valence-electron chi connectivity index (χ3n) is 11.5. The zero-order valence-electron chi connectivity index (χ0n) is 41.6. The van der Waals surface area contributed by atoms with Gasteiger partial charge >= 0.3 is 17.9 Å². The van der Waals surface area contributed by atoms with Gasteiger partial charge in [0.05, 0.1) is 0 Å². The summed E-state index contributed by atoms with van der Waals surface area (Å²) in [5.41, 5.74) is 0. The normalized spacial score (nSPS) is 12.5. The molecule has 0 heterocycles. The van der Waals surface area contributed by atoms with Gasteiger partial charge in [0.1, 0.15) is 13.2 Å². The molecule has 0 aliphatic rings. The van der Waals surface area contributed by atoms with Crippen molar-refractivity contribution in [3.8, 4) is 0 Å². The SMILES string of the molecule is CC/C=C\C/C=C\C/C=C\C/C=C\CCCCCCC(=O)OC[C@H](COC(=O)CCCCCCCCC/C=C\CCCCCC)OC(=O)CCCCCCCCCCCCCCC. The van der Waals surface area contributed by atoms with Gasteiger partial charge < -0.3 is 14.2 Å². The maximum absolute atomic E-state index is 12.8. The van der Waals surface area contributed by atoms with Crippen LogP contribution >= 0.6 is 0 Å². The van der Waals surface area contributed by atoms with Crippen LogP contribution in [0.25, 0.3) is 0 Å². The molecular weight excluding hydrogens is 781 g/mol. The van der Waals surface area contributed by atoms with E-state index in [-0.39, 0.29) is 31.1 Å². The van der Waals surface area contributed by atoms with Crippen LogP contribution in [0, 0.1) is 0 Å². The summed E-state index contributed by atoms with van der Waals surface area (Å²) in [5.74, 6) is -0.903. The highest BCUT2D eigenvalue weighted by Gasteiger charge is 2.19. The van der Waals surface area contributed by atoms with Crippen molar-refractivity contribution in [3.05, 3.63) is 60.8 Å². The number of hydrogen-bond donors (Lipinski definition) is 0. The van der Waals surface area contributed by atoms with E-state index >= 15 is 0 Å². The van der Waals surface area contributed by atoms with Gasteiger partial charge in [0.15, 0.2) is 6.10 Å². The molecular formula is C57H100O6. The molecule has 0 radical (unpaired) electrons. The molecule has 6 nitrogen and oxygen atoms in total. The van der Waals surface area contributed by atoms with Gasteiger partial charge in [0.25, 0.3) is 0 Å². The van der Waals surface area contributed by atoms with E-state index in [1.807, 2.05) is 0 Å². The number of esters is 3. The van der Waals surface area contributed by atoms with Gasteiger partial charge in [-0.3, -0.25) is 14.4 Å². The van der Waals surface area contributed by atoms with E-state index in [0.29, 0.717) is 19.3 Å². The predicted molar refractivity (Wildman–Crippen MR) is 270 cm³/mol. The summed E-state index contributed by atoms with van der Waals surface area (Å²) in [6, 6.07) is 0. The van der Waals surface area contributed by atoms with Crippen molar-refractivity contribution >= 4 is 17.9 Å². The van der Waals surface area contributed by atoms with E-state index in [9.17, 15) is 14.4 Å². The molecule has 364 valence electrons. The second kappa shape index (κ2) is 51.7. The Hall–Kier alpha value is -2.89. The molecule has 0 spiro atoms. The molecule has 0 aliphatic heterocycles. The van der Waals surface area contributed by atoms with Gasteiger partial charge in [-0.25, -0.2) is 0 Å². The molecule has 63 heavy (non-hydrogen) atoms. The van der Waals surface area contributed by atoms with Gasteiger partial charge in [-0.05, 0) is 83.5 Å². The Balaban J connectivity index is 4.40. The van der Waals surface area contributed by atoms with Crippen molar-refractivity contribution in [2.45, 2.75) is 271 Å². The number of unbranched alkanes of at least 4 members (excludes halogenated alkanes) is 27. The van der Waals surface area contributed by atoms with E-state index in [2.05, 4.69) is 81.5 Å². The Labute approximate surface area is 390 Å². The molecule has 0 bridgehead atoms. The molecule has 0 unspecified atom stereocenters. The number of rotatable bonds is 48. The van der Waals surface area contributed by atoms with E-state index < -0.39 is 6.10 Å². The lowest BCUT2D eigenvalue weighted by Gasteiger charge is -2.18. The largest absolute Gasteiger partial charge is 0.462 e. The highest BCUT2D eigenvalue weighted by molar-refractivity contribution is 5.71. The molecule has 0 amide bonds. The fraction of sp³-hybridized carbons (Fsp3) is 0.772. The second-order valence-corrected chi connectivity index (χ2v) is 17.8. The third-order valence-corrected chi connectivity index (χ3v) is 11.5. The van der Waals surface area contributed by atoms with Crippen LogP contribution in [0.1, 0.15) is 265 Å². The molecule has 1 atom stereocenters. The Morgan fingerprint density at radius 2 is 0.619 bits per heavy atom. The summed E-state index contributed by atoms with van der Waals surface area (Å²) in [5, 5.41) is 0. The summed E-state index contributed by atoms with van der Waals surface area (Å²) in [4.78, 5) is 38.0. The van der Waals surface area contributed by atoms with Gasteiger partial charge in [-0.1, -0.05) is 223 Å². The zero-order valence-corrected chi connectivity index (χ0v) is 41.6. The molecule has 0 rings (SSSR count). The second-order valence-electron chi connectivity index (χ2n) is 17.8. The monoisotopic (exact) mass is 881 g/mol. The highest BCUT2D eigenvalue weighted by Crippen LogP contribution is 2.15. The van der Waals surface area contributed by atoms with Crippen LogP contribution in [-0.2, 0) is 28.6 Å². The van der Waals surface area contributed by atoms with Crippen LogP contribution in [0.4, 0.5) is 0 Å². The van der Waals surface area contributed by atoms with Crippen molar-refractivity contribution in [2.24, 2.45) is 0 Å². The number of ether oxygens (including phenoxy) is 3. The Morgan fingerprint density at radius 3 is 1.00 bits per heavy atom. The summed E-state index contributed by atoms with van der Waals surface area (Å²) < 4.78 is 16.8. The fourth-order valence-electron chi connectivity index (χ4n) is 7.49. The third kappa shape index (κ3) is 50.0. The first-order chi connectivity index (χ1) is 31.0. The van der Waals surface area contributed by atoms with Gasteiger partial charge in [0, 0.05) is 19.3 Å². The number of carbonyl (C=O) groups is 3. The van der Waals surface area contributed by atoms with Gasteiger partial charge in [-0.2, -0.15) is 0 Å². The van der Waals surface area contributed by atoms with Crippen molar-refractivity contribution < 1.29 is 28.6 Å². The van der Waals surface area contributed by atoms with Gasteiger partial charge in [-0.15, -0.1) is 0 Å². The standard InChI is InChI=1S/C57H100O6/c1-4-7-10-13-16-19-22-25-27-28-30-33-35-38-41-44-47-50-56(59)62-53-54(63-57(60)51-48-45-42-39-36-31-24-21-18-15-12-9-6-3)52-61-55(58)49-46-43-40-37-34-32-29-26-23-20-17-14-11-8-5-2/h7,10,16,19-20,23,25,27,30,33,54H,4-6,8-9,11-15,17-18,21-22,24,26,28-29,31-32,34-53H2,1-3H3/b10-7-,19-16-,23-20-,27-25-,33-30-/t54-/m0/s1. The molecule has 0 aromatic carbocycles. The molecule has 0 fully saturated rings. The van der Waals surface area contributed by atoms with Crippen molar-refractivity contribution in [3.63, 3.8) is 0 Å². The first kappa shape index (κ1) is 60.1. The lowest BCUT2D eigenvalue weighted by atomic mass is 10.0. The minimum atomic E-state index is -0.783. The van der Waals surface area contributed by atoms with Crippen LogP contribution in [0.2, 0.25) is 0 Å². The van der Waals surface area contributed by atoms with Crippen LogP contribution in [0.3, 0.4) is 0 Å². The average molecular weight is 881 g/mol. The zero-order chi connectivity index (χ0) is 45.8. The molecule has 0 saturated carbocycles. The maximum Gasteiger partial charge on any atom is 0.306 e. The average Bonchev–Trinajstić information content (AvgIpc) is 3.28. The minimum absolute atomic E-state index is 0.0824. The van der Waals surface area contributed by atoms with Crippen LogP contribution in [0.5, 0.6) is 0 Å². The molecule has 0 aromatic rings. The predicted octanol–water partition coefficient (Wildman–Crippen LogP) is 17.6. The lowest BCUT2D eigenvalue weighted by molar-refractivity contribution is -0.167. The first-order valence-electron chi connectivity index (χ1n) is 26.8. The summed E-state index contributed by atoms with van der Waals surface area (Å²) >= 11 is 0. The first-order valence-corrected chi connectivity index (χ1v) is 26.8. The van der Waals surface area contributed by atoms with Crippen molar-refractivity contribution in [1.82, 2.24) is 0 Å². The maximum atomic E-state index is 12.8.